The van der Waals surface area contributed by atoms with Crippen molar-refractivity contribution in [1.29, 1.82) is 0 Å². The molecule has 168 valence electrons. The maximum absolute atomic E-state index is 13.3. The Balaban J connectivity index is 1.73. The van der Waals surface area contributed by atoms with Crippen LogP contribution in [-0.2, 0) is 15.4 Å². The van der Waals surface area contributed by atoms with E-state index in [0.29, 0.717) is 11.7 Å². The van der Waals surface area contributed by atoms with Crippen molar-refractivity contribution in [3.05, 3.63) is 48.0 Å². The van der Waals surface area contributed by atoms with Crippen LogP contribution in [0.2, 0.25) is 0 Å². The molecular formula is C21H23F3N2O4S. The van der Waals surface area contributed by atoms with Gasteiger partial charge in [0.05, 0.1) is 17.7 Å². The summed E-state index contributed by atoms with van der Waals surface area (Å²) in [6.07, 6.45) is -3.00. The fraction of sp³-hybridized carbons (Fsp3) is 0.429. The molecule has 1 heterocycles. The van der Waals surface area contributed by atoms with Crippen molar-refractivity contribution in [2.24, 2.45) is 5.92 Å². The number of hydrogen-bond acceptors (Lipinski definition) is 5. The molecule has 0 bridgehead atoms. The van der Waals surface area contributed by atoms with E-state index in [1.165, 1.54) is 38.4 Å². The largest absolute Gasteiger partial charge is 0.573 e. The van der Waals surface area contributed by atoms with Gasteiger partial charge in [0.1, 0.15) is 5.75 Å². The van der Waals surface area contributed by atoms with Gasteiger partial charge in [-0.15, -0.1) is 13.2 Å². The van der Waals surface area contributed by atoms with Crippen LogP contribution < -0.4 is 19.1 Å². The Morgan fingerprint density at radius 2 is 1.90 bits per heavy atom. The van der Waals surface area contributed by atoms with E-state index in [4.69, 9.17) is 4.74 Å². The van der Waals surface area contributed by atoms with E-state index >= 15 is 0 Å². The summed E-state index contributed by atoms with van der Waals surface area (Å²) in [5.41, 5.74) is 0.422. The van der Waals surface area contributed by atoms with Gasteiger partial charge in [-0.2, -0.15) is 0 Å². The van der Waals surface area contributed by atoms with Gasteiger partial charge in [-0.3, -0.25) is 4.31 Å². The van der Waals surface area contributed by atoms with Crippen molar-refractivity contribution in [3.63, 3.8) is 0 Å². The minimum Gasteiger partial charge on any atom is -0.496 e. The second-order valence-electron chi connectivity index (χ2n) is 7.87. The van der Waals surface area contributed by atoms with Gasteiger partial charge in [0.15, 0.2) is 5.75 Å². The van der Waals surface area contributed by atoms with Crippen LogP contribution in [0, 0.1) is 5.92 Å². The predicted molar refractivity (Wildman–Crippen MR) is 109 cm³/mol. The van der Waals surface area contributed by atoms with Crippen LogP contribution in [0.4, 0.5) is 18.9 Å². The molecule has 4 rings (SSSR count). The van der Waals surface area contributed by atoms with Gasteiger partial charge in [0, 0.05) is 24.6 Å². The zero-order valence-corrected chi connectivity index (χ0v) is 17.9. The number of para-hydroxylation sites is 2. The highest BCUT2D eigenvalue weighted by atomic mass is 32.2. The molecule has 2 aliphatic rings. The number of ether oxygens (including phenoxy) is 2. The minimum absolute atomic E-state index is 0.0155. The molecule has 10 heteroatoms. The van der Waals surface area contributed by atoms with Crippen LogP contribution in [0.1, 0.15) is 18.4 Å². The number of nitrogens with zero attached hydrogens (tertiary/aromatic N) is 1. The molecule has 2 aromatic rings. The molecule has 2 aromatic carbocycles. The van der Waals surface area contributed by atoms with Gasteiger partial charge < -0.3 is 14.8 Å². The fourth-order valence-electron chi connectivity index (χ4n) is 4.44. The smallest absolute Gasteiger partial charge is 0.496 e. The molecule has 1 aliphatic heterocycles. The first-order valence-corrected chi connectivity index (χ1v) is 11.3. The number of nitrogens with one attached hydrogen (secondary N) is 1. The summed E-state index contributed by atoms with van der Waals surface area (Å²) in [7, 11) is -1.41. The molecule has 2 unspecified atom stereocenters. The maximum atomic E-state index is 13.3. The number of halogens is 3. The maximum Gasteiger partial charge on any atom is 0.573 e. The molecule has 31 heavy (non-hydrogen) atoms. The summed E-state index contributed by atoms with van der Waals surface area (Å²) in [4.78, 5) is -0.0155. The summed E-state index contributed by atoms with van der Waals surface area (Å²) in [5, 5.41) is 3.36. The lowest BCUT2D eigenvalue weighted by molar-refractivity contribution is -0.274. The molecule has 1 aliphatic carbocycles. The van der Waals surface area contributed by atoms with Gasteiger partial charge in [0.25, 0.3) is 10.0 Å². The van der Waals surface area contributed by atoms with Crippen molar-refractivity contribution < 1.29 is 31.1 Å². The topological polar surface area (TPSA) is 67.9 Å². The zero-order valence-electron chi connectivity index (χ0n) is 17.1. The fourth-order valence-corrected chi connectivity index (χ4v) is 5.67. The van der Waals surface area contributed by atoms with Gasteiger partial charge in [-0.1, -0.05) is 12.1 Å². The van der Waals surface area contributed by atoms with Gasteiger partial charge >= 0.3 is 6.36 Å². The molecule has 6 nitrogen and oxygen atoms in total. The van der Waals surface area contributed by atoms with E-state index in [1.54, 1.807) is 12.1 Å². The van der Waals surface area contributed by atoms with Crippen LogP contribution in [0.15, 0.2) is 47.4 Å². The number of methoxy groups -OCH3 is 1. The normalized spacial score (nSPS) is 23.1. The van der Waals surface area contributed by atoms with Gasteiger partial charge in [0.2, 0.25) is 0 Å². The molecule has 2 fully saturated rings. The minimum atomic E-state index is -4.94. The highest BCUT2D eigenvalue weighted by Crippen LogP contribution is 2.59. The molecule has 2 atom stereocenters. The van der Waals surface area contributed by atoms with E-state index in [1.807, 2.05) is 0 Å². The van der Waals surface area contributed by atoms with Crippen LogP contribution >= 0.6 is 0 Å². The highest BCUT2D eigenvalue weighted by Gasteiger charge is 2.57. The summed E-state index contributed by atoms with van der Waals surface area (Å²) in [6, 6.07) is 9.74. The Labute approximate surface area is 179 Å². The monoisotopic (exact) mass is 456 g/mol. The quantitative estimate of drug-likeness (QED) is 0.719. The second-order valence-corrected chi connectivity index (χ2v) is 9.84. The first-order chi connectivity index (χ1) is 14.6. The van der Waals surface area contributed by atoms with E-state index in [2.05, 4.69) is 10.1 Å². The molecular weight excluding hydrogens is 433 g/mol. The van der Waals surface area contributed by atoms with E-state index < -0.39 is 22.1 Å². The summed E-state index contributed by atoms with van der Waals surface area (Å²) >= 11 is 0. The summed E-state index contributed by atoms with van der Waals surface area (Å²) < 4.78 is 75.4. The molecule has 0 aromatic heterocycles. The van der Waals surface area contributed by atoms with Crippen LogP contribution in [0.5, 0.6) is 11.5 Å². The van der Waals surface area contributed by atoms with Crippen molar-refractivity contribution in [3.8, 4) is 11.5 Å². The lowest BCUT2D eigenvalue weighted by atomic mass is 9.89. The van der Waals surface area contributed by atoms with Crippen LogP contribution in [0.25, 0.3) is 0 Å². The zero-order chi connectivity index (χ0) is 22.4. The average molecular weight is 456 g/mol. The molecule has 1 saturated heterocycles. The van der Waals surface area contributed by atoms with E-state index in [-0.39, 0.29) is 16.0 Å². The van der Waals surface area contributed by atoms with E-state index in [0.717, 1.165) is 41.9 Å². The number of piperidine rings is 1. The number of hydrogen-bond donors (Lipinski definition) is 1. The van der Waals surface area contributed by atoms with Crippen LogP contribution in [-0.4, -0.2) is 42.0 Å². The van der Waals surface area contributed by atoms with Gasteiger partial charge in [-0.25, -0.2) is 8.42 Å². The Hall–Kier alpha value is -2.46. The lowest BCUT2D eigenvalue weighted by Crippen LogP contribution is -2.35. The van der Waals surface area contributed by atoms with Crippen molar-refractivity contribution >= 4 is 15.7 Å². The molecule has 0 amide bonds. The first-order valence-electron chi connectivity index (χ1n) is 9.81. The predicted octanol–water partition coefficient (Wildman–Crippen LogP) is 3.67. The lowest BCUT2D eigenvalue weighted by Gasteiger charge is -2.27. The summed E-state index contributed by atoms with van der Waals surface area (Å²) in [6.45, 7) is 1.65. The third-order valence-corrected chi connectivity index (χ3v) is 7.91. The molecule has 1 N–H and O–H groups in total. The highest BCUT2D eigenvalue weighted by molar-refractivity contribution is 7.92. The number of rotatable bonds is 6. The standard InChI is InChI=1S/C21H23F3N2O4S/c1-26(17-5-3-4-6-19(17)30-21(22,23)24)31(27,28)15-7-8-18(29-2)16(11-15)20-12-14(20)9-10-25-13-20/h3-8,11,14,25H,9-10,12-13H2,1-2H3. The van der Waals surface area contributed by atoms with Gasteiger partial charge in [-0.05, 0) is 55.6 Å². The Morgan fingerprint density at radius 3 is 2.58 bits per heavy atom. The Morgan fingerprint density at radius 1 is 1.16 bits per heavy atom. The second kappa shape index (κ2) is 7.59. The summed E-state index contributed by atoms with van der Waals surface area (Å²) in [5.74, 6) is 0.472. The van der Waals surface area contributed by atoms with E-state index in [9.17, 15) is 21.6 Å². The number of alkyl halides is 3. The number of benzene rings is 2. The molecule has 1 saturated carbocycles. The van der Waals surface area contributed by atoms with Crippen molar-refractivity contribution in [2.75, 3.05) is 31.6 Å². The average Bonchev–Trinajstić information content (AvgIpc) is 3.48. The molecule has 0 radical (unpaired) electrons. The number of anilines is 1. The third kappa shape index (κ3) is 3.94. The Bertz CT molecular complexity index is 1090. The van der Waals surface area contributed by atoms with Crippen molar-refractivity contribution in [2.45, 2.75) is 29.5 Å². The number of fused-ring (bicyclic) bond motifs is 1. The molecule has 0 spiro atoms. The number of sulfonamides is 1. The Kier molecular flexibility index (Phi) is 5.33. The van der Waals surface area contributed by atoms with Crippen molar-refractivity contribution in [1.82, 2.24) is 5.32 Å². The SMILES string of the molecule is COc1ccc(S(=O)(=O)N(C)c2ccccc2OC(F)(F)F)cc1C12CNCCC1C2. The first kappa shape index (κ1) is 21.8. The van der Waals surface area contributed by atoms with Crippen LogP contribution in [0.3, 0.4) is 0 Å². The third-order valence-electron chi connectivity index (χ3n) is 6.14.